The molecule has 26 heavy (non-hydrogen) atoms. The van der Waals surface area contributed by atoms with Crippen molar-refractivity contribution in [3.63, 3.8) is 0 Å². The molecule has 0 aliphatic carbocycles. The summed E-state index contributed by atoms with van der Waals surface area (Å²) in [6.45, 7) is 0.723. The van der Waals surface area contributed by atoms with E-state index in [4.69, 9.17) is 19.9 Å². The standard InChI is InChI=1S/C18H22FN3O3.HI/c1-23-15-7-13(6-14(19)9-15)11-22-18(20)21-10-12-4-5-16(24-2)17(8-12)25-3;/h4-9H,10-11H2,1-3H3,(H3,20,21,22);1H. The van der Waals surface area contributed by atoms with E-state index in [1.165, 1.54) is 19.2 Å². The SMILES string of the molecule is COc1cc(F)cc(CN=C(N)NCc2ccc(OC)c(OC)c2)c1.I. The molecular weight excluding hydrogens is 452 g/mol. The van der Waals surface area contributed by atoms with Gasteiger partial charge in [-0.1, -0.05) is 6.07 Å². The summed E-state index contributed by atoms with van der Waals surface area (Å²) in [5.41, 5.74) is 7.50. The van der Waals surface area contributed by atoms with E-state index in [-0.39, 0.29) is 42.3 Å². The van der Waals surface area contributed by atoms with Gasteiger partial charge in [-0.3, -0.25) is 0 Å². The lowest BCUT2D eigenvalue weighted by molar-refractivity contribution is 0.354. The molecule has 2 aromatic rings. The van der Waals surface area contributed by atoms with Crippen LogP contribution in [0.1, 0.15) is 11.1 Å². The van der Waals surface area contributed by atoms with Crippen LogP contribution < -0.4 is 25.3 Å². The number of nitrogens with zero attached hydrogens (tertiary/aromatic N) is 1. The highest BCUT2D eigenvalue weighted by Crippen LogP contribution is 2.27. The Hall–Kier alpha value is -2.23. The van der Waals surface area contributed by atoms with Crippen molar-refractivity contribution < 1.29 is 18.6 Å². The Kier molecular flexibility index (Phi) is 8.97. The number of guanidine groups is 1. The molecule has 142 valence electrons. The molecule has 0 aliphatic rings. The maximum absolute atomic E-state index is 13.4. The molecule has 0 radical (unpaired) electrons. The lowest BCUT2D eigenvalue weighted by atomic mass is 10.2. The van der Waals surface area contributed by atoms with Gasteiger partial charge in [-0.25, -0.2) is 9.38 Å². The van der Waals surface area contributed by atoms with Crippen LogP contribution in [0.15, 0.2) is 41.4 Å². The van der Waals surface area contributed by atoms with E-state index < -0.39 is 0 Å². The first-order valence-electron chi connectivity index (χ1n) is 7.64. The third-order valence-electron chi connectivity index (χ3n) is 3.52. The normalized spacial score (nSPS) is 10.7. The highest BCUT2D eigenvalue weighted by Gasteiger charge is 2.05. The zero-order valence-corrected chi connectivity index (χ0v) is 17.2. The largest absolute Gasteiger partial charge is 0.497 e. The number of nitrogens with two attached hydrogens (primary N) is 1. The first kappa shape index (κ1) is 21.8. The summed E-state index contributed by atoms with van der Waals surface area (Å²) in [5, 5.41) is 3.01. The predicted octanol–water partition coefficient (Wildman–Crippen LogP) is 3.07. The Balaban J connectivity index is 0.00000338. The minimum Gasteiger partial charge on any atom is -0.497 e. The fraction of sp³-hybridized carbons (Fsp3) is 0.278. The number of benzene rings is 2. The summed E-state index contributed by atoms with van der Waals surface area (Å²) in [6.07, 6.45) is 0. The van der Waals surface area contributed by atoms with Gasteiger partial charge in [0.25, 0.3) is 0 Å². The van der Waals surface area contributed by atoms with Crippen molar-refractivity contribution in [2.75, 3.05) is 21.3 Å². The van der Waals surface area contributed by atoms with E-state index in [9.17, 15) is 4.39 Å². The molecule has 0 saturated heterocycles. The Morgan fingerprint density at radius 2 is 1.73 bits per heavy atom. The molecule has 0 unspecified atom stereocenters. The number of methoxy groups -OCH3 is 3. The second-order valence-corrected chi connectivity index (χ2v) is 5.24. The third-order valence-corrected chi connectivity index (χ3v) is 3.52. The van der Waals surface area contributed by atoms with Crippen LogP contribution in [0.25, 0.3) is 0 Å². The highest BCUT2D eigenvalue weighted by atomic mass is 127. The van der Waals surface area contributed by atoms with Gasteiger partial charge in [-0.2, -0.15) is 0 Å². The summed E-state index contributed by atoms with van der Waals surface area (Å²) in [5.74, 6) is 1.64. The van der Waals surface area contributed by atoms with Crippen LogP contribution in [-0.4, -0.2) is 27.3 Å². The van der Waals surface area contributed by atoms with E-state index in [0.29, 0.717) is 29.4 Å². The predicted molar refractivity (Wildman–Crippen MR) is 110 cm³/mol. The Labute approximate surface area is 169 Å². The van der Waals surface area contributed by atoms with E-state index in [1.54, 1.807) is 20.3 Å². The number of hydrogen-bond acceptors (Lipinski definition) is 4. The van der Waals surface area contributed by atoms with Gasteiger partial charge in [0.2, 0.25) is 0 Å². The third kappa shape index (κ3) is 6.25. The van der Waals surface area contributed by atoms with Crippen LogP contribution in [-0.2, 0) is 13.1 Å². The maximum atomic E-state index is 13.4. The second kappa shape index (κ2) is 10.7. The molecule has 0 spiro atoms. The second-order valence-electron chi connectivity index (χ2n) is 5.24. The minimum atomic E-state index is -0.374. The van der Waals surface area contributed by atoms with Crippen LogP contribution in [0.2, 0.25) is 0 Å². The Bertz CT molecular complexity index is 756. The fourth-order valence-corrected chi connectivity index (χ4v) is 2.25. The first-order chi connectivity index (χ1) is 12.0. The van der Waals surface area contributed by atoms with Crippen LogP contribution >= 0.6 is 24.0 Å². The van der Waals surface area contributed by atoms with Crippen LogP contribution in [0.4, 0.5) is 4.39 Å². The van der Waals surface area contributed by atoms with E-state index in [0.717, 1.165) is 5.56 Å². The number of aliphatic imine (C=N–C) groups is 1. The lowest BCUT2D eigenvalue weighted by Gasteiger charge is -2.10. The van der Waals surface area contributed by atoms with Crippen LogP contribution in [0.5, 0.6) is 17.2 Å². The molecule has 0 amide bonds. The molecule has 0 bridgehead atoms. The topological polar surface area (TPSA) is 78.1 Å². The molecule has 0 aromatic heterocycles. The van der Waals surface area contributed by atoms with Crippen molar-refractivity contribution in [1.82, 2.24) is 5.32 Å². The molecule has 2 aromatic carbocycles. The van der Waals surface area contributed by atoms with Gasteiger partial charge in [0.05, 0.1) is 27.9 Å². The maximum Gasteiger partial charge on any atom is 0.189 e. The summed E-state index contributed by atoms with van der Waals surface area (Å²) >= 11 is 0. The van der Waals surface area contributed by atoms with E-state index in [1.807, 2.05) is 18.2 Å². The summed E-state index contributed by atoms with van der Waals surface area (Å²) < 4.78 is 28.9. The lowest BCUT2D eigenvalue weighted by Crippen LogP contribution is -2.31. The van der Waals surface area contributed by atoms with Crippen molar-refractivity contribution in [3.05, 3.63) is 53.3 Å². The number of nitrogens with one attached hydrogen (secondary N) is 1. The molecule has 0 aliphatic heterocycles. The molecule has 2 rings (SSSR count). The zero-order chi connectivity index (χ0) is 18.2. The van der Waals surface area contributed by atoms with Crippen molar-refractivity contribution in [2.24, 2.45) is 10.7 Å². The van der Waals surface area contributed by atoms with Gasteiger partial charge in [0, 0.05) is 12.6 Å². The molecule has 0 heterocycles. The van der Waals surface area contributed by atoms with Gasteiger partial charge in [0.15, 0.2) is 17.5 Å². The number of halogens is 2. The Morgan fingerprint density at radius 1 is 1.00 bits per heavy atom. The molecule has 8 heteroatoms. The Morgan fingerprint density at radius 3 is 2.38 bits per heavy atom. The fourth-order valence-electron chi connectivity index (χ4n) is 2.25. The van der Waals surface area contributed by atoms with E-state index in [2.05, 4.69) is 10.3 Å². The average molecular weight is 475 g/mol. The highest BCUT2D eigenvalue weighted by molar-refractivity contribution is 14.0. The molecule has 0 fully saturated rings. The summed E-state index contributed by atoms with van der Waals surface area (Å²) in [6, 6.07) is 10.0. The number of rotatable bonds is 7. The number of hydrogen-bond donors (Lipinski definition) is 2. The quantitative estimate of drug-likeness (QED) is 0.366. The first-order valence-corrected chi connectivity index (χ1v) is 7.64. The molecule has 3 N–H and O–H groups in total. The summed E-state index contributed by atoms with van der Waals surface area (Å²) in [4.78, 5) is 4.21. The zero-order valence-electron chi connectivity index (χ0n) is 14.9. The van der Waals surface area contributed by atoms with Gasteiger partial charge in [0.1, 0.15) is 11.6 Å². The van der Waals surface area contributed by atoms with Crippen molar-refractivity contribution in [3.8, 4) is 17.2 Å². The van der Waals surface area contributed by atoms with Crippen molar-refractivity contribution in [1.29, 1.82) is 0 Å². The van der Waals surface area contributed by atoms with Crippen LogP contribution in [0, 0.1) is 5.82 Å². The van der Waals surface area contributed by atoms with Gasteiger partial charge >= 0.3 is 0 Å². The molecule has 6 nitrogen and oxygen atoms in total. The summed E-state index contributed by atoms with van der Waals surface area (Å²) in [7, 11) is 4.65. The molecule has 0 saturated carbocycles. The average Bonchev–Trinajstić information content (AvgIpc) is 2.63. The van der Waals surface area contributed by atoms with Gasteiger partial charge in [-0.05, 0) is 35.4 Å². The minimum absolute atomic E-state index is 0. The van der Waals surface area contributed by atoms with Crippen molar-refractivity contribution >= 4 is 29.9 Å². The smallest absolute Gasteiger partial charge is 0.189 e. The van der Waals surface area contributed by atoms with Crippen LogP contribution in [0.3, 0.4) is 0 Å². The van der Waals surface area contributed by atoms with E-state index >= 15 is 0 Å². The van der Waals surface area contributed by atoms with Crippen molar-refractivity contribution in [2.45, 2.75) is 13.1 Å². The van der Waals surface area contributed by atoms with Gasteiger partial charge < -0.3 is 25.3 Å². The molecule has 0 atom stereocenters. The number of ether oxygens (including phenoxy) is 3. The monoisotopic (exact) mass is 475 g/mol. The van der Waals surface area contributed by atoms with Gasteiger partial charge in [-0.15, -0.1) is 24.0 Å². The molecular formula is C18H23FIN3O3.